The maximum atomic E-state index is 13.3. The first-order chi connectivity index (χ1) is 8.56. The highest BCUT2D eigenvalue weighted by Crippen LogP contribution is 2.18. The van der Waals surface area contributed by atoms with Crippen molar-refractivity contribution in [1.82, 2.24) is 5.32 Å². The zero-order valence-corrected chi connectivity index (χ0v) is 10.3. The molecule has 0 radical (unpaired) electrons. The number of benzene rings is 1. The second-order valence-corrected chi connectivity index (χ2v) is 3.82. The summed E-state index contributed by atoms with van der Waals surface area (Å²) in [5.41, 5.74) is 0.556. The Bertz CT molecular complexity index is 446. The van der Waals surface area contributed by atoms with E-state index < -0.39 is 5.82 Å². The van der Waals surface area contributed by atoms with Crippen LogP contribution in [0.2, 0.25) is 0 Å². The smallest absolute Gasteiger partial charge is 0.244 e. The van der Waals surface area contributed by atoms with Crippen molar-refractivity contribution in [2.24, 2.45) is 0 Å². The van der Waals surface area contributed by atoms with E-state index in [4.69, 9.17) is 9.84 Å². The van der Waals surface area contributed by atoms with Gasteiger partial charge in [-0.25, -0.2) is 4.39 Å². The van der Waals surface area contributed by atoms with Crippen LogP contribution in [0.5, 0.6) is 5.75 Å². The number of hydrogen-bond donors (Lipinski definition) is 2. The van der Waals surface area contributed by atoms with Crippen LogP contribution in [0.1, 0.15) is 12.5 Å². The topological polar surface area (TPSA) is 58.6 Å². The van der Waals surface area contributed by atoms with Crippen molar-refractivity contribution in [3.63, 3.8) is 0 Å². The van der Waals surface area contributed by atoms with E-state index in [0.717, 1.165) is 0 Å². The lowest BCUT2D eigenvalue weighted by Gasteiger charge is -2.07. The normalized spacial score (nSPS) is 12.4. The maximum absolute atomic E-state index is 13.3. The Morgan fingerprint density at radius 1 is 1.61 bits per heavy atom. The molecular formula is C13H16FNO3. The van der Waals surface area contributed by atoms with Crippen LogP contribution in [0.4, 0.5) is 4.39 Å². The fraction of sp³-hybridized carbons (Fsp3) is 0.308. The van der Waals surface area contributed by atoms with Crippen LogP contribution in [0, 0.1) is 5.82 Å². The van der Waals surface area contributed by atoms with Gasteiger partial charge < -0.3 is 15.2 Å². The van der Waals surface area contributed by atoms with Gasteiger partial charge in [0.1, 0.15) is 0 Å². The Balaban J connectivity index is 2.67. The molecule has 0 fully saturated rings. The van der Waals surface area contributed by atoms with E-state index in [0.29, 0.717) is 5.56 Å². The number of carbonyl (C=O) groups excluding carboxylic acids is 1. The first-order valence-corrected chi connectivity index (χ1v) is 5.49. The van der Waals surface area contributed by atoms with Crippen molar-refractivity contribution in [2.75, 3.05) is 13.7 Å². The molecule has 1 aromatic carbocycles. The van der Waals surface area contributed by atoms with Crippen molar-refractivity contribution >= 4 is 12.0 Å². The summed E-state index contributed by atoms with van der Waals surface area (Å²) in [6, 6.07) is 4.09. The standard InChI is InChI=1S/C13H16FNO3/c1-9(8-16)15-13(17)6-4-10-3-5-12(18-2)11(14)7-10/h3-7,9,16H,8H2,1-2H3,(H,15,17)/b6-4+. The second-order valence-electron chi connectivity index (χ2n) is 3.82. The fourth-order valence-electron chi connectivity index (χ4n) is 1.29. The molecule has 18 heavy (non-hydrogen) atoms. The molecule has 98 valence electrons. The average Bonchev–Trinajstić information content (AvgIpc) is 2.36. The zero-order chi connectivity index (χ0) is 13.5. The van der Waals surface area contributed by atoms with Gasteiger partial charge in [0.05, 0.1) is 13.7 Å². The summed E-state index contributed by atoms with van der Waals surface area (Å²) in [6.45, 7) is 1.55. The first-order valence-electron chi connectivity index (χ1n) is 5.49. The van der Waals surface area contributed by atoms with Gasteiger partial charge in [-0.05, 0) is 30.7 Å². The minimum Gasteiger partial charge on any atom is -0.494 e. The summed E-state index contributed by atoms with van der Waals surface area (Å²) < 4.78 is 18.1. The molecule has 0 aromatic heterocycles. The van der Waals surface area contributed by atoms with E-state index in [1.165, 1.54) is 31.4 Å². The highest BCUT2D eigenvalue weighted by Gasteiger charge is 2.03. The predicted molar refractivity (Wildman–Crippen MR) is 66.7 cm³/mol. The number of rotatable bonds is 5. The third-order valence-corrected chi connectivity index (χ3v) is 2.27. The first kappa shape index (κ1) is 14.2. The lowest BCUT2D eigenvalue weighted by atomic mass is 10.2. The average molecular weight is 253 g/mol. The molecule has 0 saturated heterocycles. The molecule has 0 aliphatic rings. The van der Waals surface area contributed by atoms with Crippen LogP contribution in [0.15, 0.2) is 24.3 Å². The van der Waals surface area contributed by atoms with E-state index in [1.807, 2.05) is 0 Å². The van der Waals surface area contributed by atoms with Gasteiger partial charge in [-0.1, -0.05) is 6.07 Å². The molecule has 1 unspecified atom stereocenters. The van der Waals surface area contributed by atoms with Crippen LogP contribution < -0.4 is 10.1 Å². The molecule has 2 N–H and O–H groups in total. The SMILES string of the molecule is COc1ccc(/C=C/C(=O)NC(C)CO)cc1F. The number of aliphatic hydroxyl groups excluding tert-OH is 1. The Morgan fingerprint density at radius 3 is 2.89 bits per heavy atom. The van der Waals surface area contributed by atoms with Crippen LogP contribution in [-0.2, 0) is 4.79 Å². The Hall–Kier alpha value is -1.88. The number of carbonyl (C=O) groups is 1. The number of methoxy groups -OCH3 is 1. The van der Waals surface area contributed by atoms with Crippen LogP contribution >= 0.6 is 0 Å². The minimum absolute atomic E-state index is 0.128. The molecule has 0 aliphatic carbocycles. The second kappa shape index (κ2) is 6.76. The minimum atomic E-state index is -0.483. The van der Waals surface area contributed by atoms with Crippen molar-refractivity contribution < 1.29 is 19.0 Å². The quantitative estimate of drug-likeness (QED) is 0.779. The summed E-state index contributed by atoms with van der Waals surface area (Å²) >= 11 is 0. The van der Waals surface area contributed by atoms with Crippen molar-refractivity contribution in [1.29, 1.82) is 0 Å². The molecule has 0 spiro atoms. The monoisotopic (exact) mass is 253 g/mol. The van der Waals surface area contributed by atoms with Crippen LogP contribution in [0.25, 0.3) is 6.08 Å². The van der Waals surface area contributed by atoms with E-state index in [2.05, 4.69) is 5.32 Å². The molecule has 0 aliphatic heterocycles. The summed E-state index contributed by atoms with van der Waals surface area (Å²) in [5.74, 6) is -0.665. The van der Waals surface area contributed by atoms with Gasteiger partial charge in [0.15, 0.2) is 11.6 Å². The number of halogens is 1. The molecule has 1 aromatic rings. The summed E-state index contributed by atoms with van der Waals surface area (Å²) in [5, 5.41) is 11.3. The van der Waals surface area contributed by atoms with E-state index >= 15 is 0 Å². The molecule has 4 nitrogen and oxygen atoms in total. The van der Waals surface area contributed by atoms with Gasteiger partial charge >= 0.3 is 0 Å². The number of amides is 1. The Kier molecular flexibility index (Phi) is 5.32. The molecule has 0 bridgehead atoms. The zero-order valence-electron chi connectivity index (χ0n) is 10.3. The molecule has 5 heteroatoms. The van der Waals surface area contributed by atoms with E-state index in [1.54, 1.807) is 13.0 Å². The van der Waals surface area contributed by atoms with E-state index in [9.17, 15) is 9.18 Å². The lowest BCUT2D eigenvalue weighted by Crippen LogP contribution is -2.33. The van der Waals surface area contributed by atoms with Gasteiger partial charge in [0, 0.05) is 12.1 Å². The van der Waals surface area contributed by atoms with Crippen LogP contribution in [-0.4, -0.2) is 30.8 Å². The maximum Gasteiger partial charge on any atom is 0.244 e. The number of ether oxygens (including phenoxy) is 1. The molecule has 0 saturated carbocycles. The number of nitrogens with one attached hydrogen (secondary N) is 1. The Labute approximate surface area is 105 Å². The summed E-state index contributed by atoms with van der Waals surface area (Å²) in [6.07, 6.45) is 2.77. The van der Waals surface area contributed by atoms with Gasteiger partial charge in [-0.2, -0.15) is 0 Å². The molecule has 1 amide bonds. The summed E-state index contributed by atoms with van der Waals surface area (Å²) in [4.78, 5) is 11.4. The van der Waals surface area contributed by atoms with Gasteiger partial charge in [-0.15, -0.1) is 0 Å². The number of aliphatic hydroxyl groups is 1. The van der Waals surface area contributed by atoms with E-state index in [-0.39, 0.29) is 24.3 Å². The molecule has 1 atom stereocenters. The van der Waals surface area contributed by atoms with Gasteiger partial charge in [0.25, 0.3) is 0 Å². The highest BCUT2D eigenvalue weighted by atomic mass is 19.1. The third-order valence-electron chi connectivity index (χ3n) is 2.27. The molecular weight excluding hydrogens is 237 g/mol. The lowest BCUT2D eigenvalue weighted by molar-refractivity contribution is -0.117. The Morgan fingerprint density at radius 2 is 2.33 bits per heavy atom. The van der Waals surface area contributed by atoms with Crippen molar-refractivity contribution in [2.45, 2.75) is 13.0 Å². The van der Waals surface area contributed by atoms with Gasteiger partial charge in [-0.3, -0.25) is 4.79 Å². The largest absolute Gasteiger partial charge is 0.494 e. The van der Waals surface area contributed by atoms with Crippen molar-refractivity contribution in [3.8, 4) is 5.75 Å². The third kappa shape index (κ3) is 4.18. The highest BCUT2D eigenvalue weighted by molar-refractivity contribution is 5.91. The van der Waals surface area contributed by atoms with Gasteiger partial charge in [0.2, 0.25) is 5.91 Å². The molecule has 0 heterocycles. The number of hydrogen-bond acceptors (Lipinski definition) is 3. The molecule has 1 rings (SSSR count). The predicted octanol–water partition coefficient (Wildman–Crippen LogP) is 1.34. The fourth-order valence-corrected chi connectivity index (χ4v) is 1.29. The van der Waals surface area contributed by atoms with Crippen molar-refractivity contribution in [3.05, 3.63) is 35.7 Å². The summed E-state index contributed by atoms with van der Waals surface area (Å²) in [7, 11) is 1.39. The van der Waals surface area contributed by atoms with Crippen LogP contribution in [0.3, 0.4) is 0 Å².